The molecule has 24 heavy (non-hydrogen) atoms. The maximum atomic E-state index is 12.5. The normalized spacial score (nSPS) is 19.4. The minimum Gasteiger partial charge on any atom is -0.325 e. The van der Waals surface area contributed by atoms with Gasteiger partial charge in [-0.2, -0.15) is 4.31 Å². The zero-order chi connectivity index (χ0) is 18.0. The van der Waals surface area contributed by atoms with Crippen molar-refractivity contribution >= 4 is 21.6 Å². The maximum Gasteiger partial charge on any atom is 0.242 e. The van der Waals surface area contributed by atoms with E-state index in [-0.39, 0.29) is 17.1 Å². The first kappa shape index (κ1) is 18.9. The first-order chi connectivity index (χ1) is 11.1. The van der Waals surface area contributed by atoms with Gasteiger partial charge < -0.3 is 5.32 Å². The van der Waals surface area contributed by atoms with Crippen molar-refractivity contribution in [2.75, 3.05) is 17.6 Å². The van der Waals surface area contributed by atoms with Crippen molar-refractivity contribution in [2.45, 2.75) is 58.4 Å². The van der Waals surface area contributed by atoms with E-state index >= 15 is 0 Å². The van der Waals surface area contributed by atoms with E-state index in [2.05, 4.69) is 26.1 Å². The quantitative estimate of drug-likeness (QED) is 0.885. The van der Waals surface area contributed by atoms with Crippen LogP contribution in [0.4, 0.5) is 5.69 Å². The summed E-state index contributed by atoms with van der Waals surface area (Å²) in [7, 11) is -3.35. The number of nitrogens with one attached hydrogen (secondary N) is 1. The summed E-state index contributed by atoms with van der Waals surface area (Å²) in [5.74, 6) is -0.146. The SMILES string of the molecule is CCCS(=O)(=O)N1CCC[C@H]1C(=O)Nc1ccc(C(C)(C)C)cc1. The van der Waals surface area contributed by atoms with Crippen molar-refractivity contribution in [3.05, 3.63) is 29.8 Å². The molecule has 1 aliphatic rings. The fourth-order valence-corrected chi connectivity index (χ4v) is 4.74. The molecule has 0 spiro atoms. The molecule has 1 N–H and O–H groups in total. The van der Waals surface area contributed by atoms with Crippen LogP contribution in [0.1, 0.15) is 52.5 Å². The van der Waals surface area contributed by atoms with Gasteiger partial charge in [0.05, 0.1) is 5.75 Å². The highest BCUT2D eigenvalue weighted by molar-refractivity contribution is 7.89. The van der Waals surface area contributed by atoms with E-state index in [1.165, 1.54) is 9.87 Å². The van der Waals surface area contributed by atoms with Gasteiger partial charge in [-0.05, 0) is 42.4 Å². The molecule has 2 rings (SSSR count). The molecule has 0 aromatic heterocycles. The lowest BCUT2D eigenvalue weighted by Gasteiger charge is -2.23. The number of hydrogen-bond acceptors (Lipinski definition) is 3. The number of rotatable bonds is 5. The van der Waals surface area contributed by atoms with Gasteiger partial charge in [-0.3, -0.25) is 4.79 Å². The number of amides is 1. The molecule has 0 aliphatic carbocycles. The minimum atomic E-state index is -3.35. The first-order valence-corrected chi connectivity index (χ1v) is 10.2. The Bertz CT molecular complexity index is 675. The van der Waals surface area contributed by atoms with Gasteiger partial charge in [-0.25, -0.2) is 8.42 Å². The highest BCUT2D eigenvalue weighted by atomic mass is 32.2. The van der Waals surface area contributed by atoms with Crippen LogP contribution in [0.15, 0.2) is 24.3 Å². The van der Waals surface area contributed by atoms with Gasteiger partial charge >= 0.3 is 0 Å². The molecule has 134 valence electrons. The Labute approximate surface area is 145 Å². The summed E-state index contributed by atoms with van der Waals surface area (Å²) in [6.45, 7) is 8.67. The molecule has 1 amide bonds. The summed E-state index contributed by atoms with van der Waals surface area (Å²) in [6.07, 6.45) is 1.86. The topological polar surface area (TPSA) is 66.5 Å². The monoisotopic (exact) mass is 352 g/mol. The molecule has 1 aromatic carbocycles. The third kappa shape index (κ3) is 4.36. The molecule has 0 radical (unpaired) electrons. The second-order valence-electron chi connectivity index (χ2n) is 7.40. The third-order valence-corrected chi connectivity index (χ3v) is 6.42. The highest BCUT2D eigenvalue weighted by Crippen LogP contribution is 2.25. The molecule has 1 saturated heterocycles. The summed E-state index contributed by atoms with van der Waals surface area (Å²) in [5, 5.41) is 2.86. The average molecular weight is 353 g/mol. The Kier molecular flexibility index (Phi) is 5.71. The fourth-order valence-electron chi connectivity index (χ4n) is 2.99. The van der Waals surface area contributed by atoms with Gasteiger partial charge in [-0.1, -0.05) is 39.8 Å². The molecule has 6 heteroatoms. The zero-order valence-corrected chi connectivity index (χ0v) is 15.8. The van der Waals surface area contributed by atoms with E-state index < -0.39 is 16.1 Å². The number of benzene rings is 1. The number of carbonyl (C=O) groups excluding carboxylic acids is 1. The van der Waals surface area contributed by atoms with Crippen LogP contribution in [-0.2, 0) is 20.2 Å². The summed E-state index contributed by atoms with van der Waals surface area (Å²) in [4.78, 5) is 12.5. The molecule has 1 aliphatic heterocycles. The highest BCUT2D eigenvalue weighted by Gasteiger charge is 2.38. The van der Waals surface area contributed by atoms with Crippen LogP contribution >= 0.6 is 0 Å². The number of sulfonamides is 1. The minimum absolute atomic E-state index is 0.0546. The maximum absolute atomic E-state index is 12.5. The lowest BCUT2D eigenvalue weighted by molar-refractivity contribution is -0.119. The lowest BCUT2D eigenvalue weighted by atomic mass is 9.87. The van der Waals surface area contributed by atoms with Gasteiger partial charge in [0.15, 0.2) is 0 Å². The van der Waals surface area contributed by atoms with Crippen LogP contribution in [-0.4, -0.2) is 37.0 Å². The van der Waals surface area contributed by atoms with Crippen molar-refractivity contribution in [3.63, 3.8) is 0 Å². The second-order valence-corrected chi connectivity index (χ2v) is 9.44. The van der Waals surface area contributed by atoms with Gasteiger partial charge in [0, 0.05) is 12.2 Å². The van der Waals surface area contributed by atoms with E-state index in [9.17, 15) is 13.2 Å². The predicted octanol–water partition coefficient (Wildman–Crippen LogP) is 3.13. The van der Waals surface area contributed by atoms with Crippen LogP contribution in [0, 0.1) is 0 Å². The van der Waals surface area contributed by atoms with Gasteiger partial charge in [0.2, 0.25) is 15.9 Å². The molecule has 0 bridgehead atoms. The Morgan fingerprint density at radius 2 is 1.88 bits per heavy atom. The fraction of sp³-hybridized carbons (Fsp3) is 0.611. The zero-order valence-electron chi connectivity index (χ0n) is 15.0. The molecular weight excluding hydrogens is 324 g/mol. The number of carbonyl (C=O) groups is 1. The van der Waals surface area contributed by atoms with Gasteiger partial charge in [-0.15, -0.1) is 0 Å². The standard InChI is InChI=1S/C18H28N2O3S/c1-5-13-24(22,23)20-12-6-7-16(20)17(21)19-15-10-8-14(9-11-15)18(2,3)4/h8-11,16H,5-7,12-13H2,1-4H3,(H,19,21)/t16-/m0/s1. The Hall–Kier alpha value is -1.40. The van der Waals surface area contributed by atoms with Crippen LogP contribution in [0.2, 0.25) is 0 Å². The summed E-state index contributed by atoms with van der Waals surface area (Å²) in [5.41, 5.74) is 1.94. The van der Waals surface area contributed by atoms with E-state index in [1.54, 1.807) is 0 Å². The van der Waals surface area contributed by atoms with Crippen LogP contribution in [0.5, 0.6) is 0 Å². The second kappa shape index (κ2) is 7.23. The molecule has 1 aromatic rings. The molecule has 0 unspecified atom stereocenters. The molecule has 0 saturated carbocycles. The third-order valence-electron chi connectivity index (χ3n) is 4.34. The van der Waals surface area contributed by atoms with Crippen LogP contribution in [0.25, 0.3) is 0 Å². The molecule has 1 atom stereocenters. The summed E-state index contributed by atoms with van der Waals surface area (Å²) < 4.78 is 26.0. The van der Waals surface area contributed by atoms with E-state index in [0.717, 1.165) is 6.42 Å². The van der Waals surface area contributed by atoms with Crippen molar-refractivity contribution in [1.82, 2.24) is 4.31 Å². The Morgan fingerprint density at radius 1 is 1.25 bits per heavy atom. The van der Waals surface area contributed by atoms with E-state index in [0.29, 0.717) is 25.1 Å². The number of anilines is 1. The molecule has 1 heterocycles. The van der Waals surface area contributed by atoms with Crippen molar-refractivity contribution in [1.29, 1.82) is 0 Å². The predicted molar refractivity (Wildman–Crippen MR) is 97.6 cm³/mol. The summed E-state index contributed by atoms with van der Waals surface area (Å²) >= 11 is 0. The Morgan fingerprint density at radius 3 is 2.42 bits per heavy atom. The Balaban J connectivity index is 2.09. The number of nitrogens with zero attached hydrogens (tertiary/aromatic N) is 1. The van der Waals surface area contributed by atoms with Gasteiger partial charge in [0.25, 0.3) is 0 Å². The number of hydrogen-bond donors (Lipinski definition) is 1. The smallest absolute Gasteiger partial charge is 0.242 e. The molecule has 5 nitrogen and oxygen atoms in total. The van der Waals surface area contributed by atoms with E-state index in [4.69, 9.17) is 0 Å². The molecular formula is C18H28N2O3S. The van der Waals surface area contributed by atoms with Crippen LogP contribution in [0.3, 0.4) is 0 Å². The lowest BCUT2D eigenvalue weighted by Crippen LogP contribution is -2.44. The van der Waals surface area contributed by atoms with Crippen molar-refractivity contribution in [2.24, 2.45) is 0 Å². The van der Waals surface area contributed by atoms with E-state index in [1.807, 2.05) is 31.2 Å². The summed E-state index contributed by atoms with van der Waals surface area (Å²) in [6, 6.07) is 7.14. The van der Waals surface area contributed by atoms with Crippen molar-refractivity contribution in [3.8, 4) is 0 Å². The molecule has 1 fully saturated rings. The van der Waals surface area contributed by atoms with Gasteiger partial charge in [0.1, 0.15) is 6.04 Å². The first-order valence-electron chi connectivity index (χ1n) is 8.56. The van der Waals surface area contributed by atoms with Crippen LogP contribution < -0.4 is 5.32 Å². The average Bonchev–Trinajstić information content (AvgIpc) is 2.97. The van der Waals surface area contributed by atoms with Crippen molar-refractivity contribution < 1.29 is 13.2 Å². The largest absolute Gasteiger partial charge is 0.325 e.